The summed E-state index contributed by atoms with van der Waals surface area (Å²) in [7, 11) is 0. The van der Waals surface area contributed by atoms with Crippen molar-refractivity contribution in [1.82, 2.24) is 9.78 Å². The predicted octanol–water partition coefficient (Wildman–Crippen LogP) is 1.95. The highest BCUT2D eigenvalue weighted by atomic mass is 15.3. The van der Waals surface area contributed by atoms with Crippen LogP contribution in [0.4, 0.5) is 28.6 Å². The van der Waals surface area contributed by atoms with Crippen LogP contribution in [0.15, 0.2) is 24.4 Å². The molecule has 0 radical (unpaired) electrons. The zero-order valence-electron chi connectivity index (χ0n) is 10.5. The van der Waals surface area contributed by atoms with Gasteiger partial charge in [0.05, 0.1) is 17.6 Å². The first kappa shape index (κ1) is 12.1. The Kier molecular flexibility index (Phi) is 3.01. The molecule has 0 atom stereocenters. The molecule has 0 saturated heterocycles. The molecule has 6 heteroatoms. The van der Waals surface area contributed by atoms with Crippen LogP contribution in [0.1, 0.15) is 19.9 Å². The highest BCUT2D eigenvalue weighted by Gasteiger charge is 2.11. The van der Waals surface area contributed by atoms with E-state index in [0.29, 0.717) is 17.2 Å². The van der Waals surface area contributed by atoms with Crippen molar-refractivity contribution in [3.63, 3.8) is 0 Å². The summed E-state index contributed by atoms with van der Waals surface area (Å²) in [5, 5.41) is 7.36. The summed E-state index contributed by atoms with van der Waals surface area (Å²) in [6, 6.07) is 5.47. The summed E-state index contributed by atoms with van der Waals surface area (Å²) >= 11 is 0. The van der Waals surface area contributed by atoms with E-state index in [9.17, 15) is 0 Å². The maximum absolute atomic E-state index is 6.01. The van der Waals surface area contributed by atoms with E-state index < -0.39 is 0 Å². The molecule has 2 aromatic rings. The molecule has 0 bridgehead atoms. The van der Waals surface area contributed by atoms with Crippen molar-refractivity contribution in [2.24, 2.45) is 0 Å². The smallest absolute Gasteiger partial charge is 0.145 e. The van der Waals surface area contributed by atoms with Crippen molar-refractivity contribution in [2.45, 2.75) is 19.9 Å². The molecule has 0 fully saturated rings. The Bertz CT molecular complexity index is 558. The molecule has 1 heterocycles. The predicted molar refractivity (Wildman–Crippen MR) is 75.6 cm³/mol. The highest BCUT2D eigenvalue weighted by molar-refractivity contribution is 5.79. The Morgan fingerprint density at radius 2 is 1.89 bits per heavy atom. The molecule has 96 valence electrons. The van der Waals surface area contributed by atoms with Crippen LogP contribution < -0.4 is 22.5 Å². The number of hydrogen-bond acceptors (Lipinski definition) is 5. The highest BCUT2D eigenvalue weighted by Crippen LogP contribution is 2.29. The van der Waals surface area contributed by atoms with E-state index in [4.69, 9.17) is 17.2 Å². The second kappa shape index (κ2) is 4.48. The molecule has 0 aliphatic heterocycles. The minimum absolute atomic E-state index is 0.207. The van der Waals surface area contributed by atoms with Gasteiger partial charge in [-0.05, 0) is 32.0 Å². The largest absolute Gasteiger partial charge is 0.399 e. The number of benzene rings is 1. The molecule has 1 aromatic carbocycles. The molecule has 0 aliphatic carbocycles. The molecule has 0 spiro atoms. The fourth-order valence-corrected chi connectivity index (χ4v) is 1.71. The Labute approximate surface area is 106 Å². The van der Waals surface area contributed by atoms with Crippen LogP contribution in [0.2, 0.25) is 0 Å². The van der Waals surface area contributed by atoms with E-state index in [0.717, 1.165) is 11.4 Å². The Hall–Kier alpha value is -2.37. The van der Waals surface area contributed by atoms with Gasteiger partial charge in [0.1, 0.15) is 11.5 Å². The average molecular weight is 246 g/mol. The number of aromatic nitrogens is 2. The van der Waals surface area contributed by atoms with E-state index in [1.165, 1.54) is 0 Å². The molecule has 0 aliphatic rings. The average Bonchev–Trinajstić information content (AvgIpc) is 2.66. The molecule has 0 unspecified atom stereocenters. The lowest BCUT2D eigenvalue weighted by atomic mass is 10.2. The summed E-state index contributed by atoms with van der Waals surface area (Å²) in [5.74, 6) is 0.576. The van der Waals surface area contributed by atoms with Gasteiger partial charge in [0.25, 0.3) is 0 Å². The Balaban J connectivity index is 2.32. The van der Waals surface area contributed by atoms with Crippen molar-refractivity contribution >= 4 is 28.6 Å². The van der Waals surface area contributed by atoms with E-state index in [-0.39, 0.29) is 6.04 Å². The second-order valence-corrected chi connectivity index (χ2v) is 4.45. The first-order valence-electron chi connectivity index (χ1n) is 5.74. The Morgan fingerprint density at radius 1 is 1.17 bits per heavy atom. The van der Waals surface area contributed by atoms with Crippen molar-refractivity contribution in [1.29, 1.82) is 0 Å². The summed E-state index contributed by atoms with van der Waals surface area (Å²) in [4.78, 5) is 0. The number of rotatable bonds is 3. The summed E-state index contributed by atoms with van der Waals surface area (Å²) in [5.41, 5.74) is 20.3. The van der Waals surface area contributed by atoms with Gasteiger partial charge in [-0.1, -0.05) is 0 Å². The number of nitrogens with one attached hydrogen (secondary N) is 1. The molecule has 7 N–H and O–H groups in total. The third kappa shape index (κ3) is 2.17. The zero-order valence-corrected chi connectivity index (χ0v) is 10.5. The van der Waals surface area contributed by atoms with Crippen LogP contribution in [-0.4, -0.2) is 9.78 Å². The standard InChI is InChI=1S/C12H18N6/c1-7(2)18-12(15)11(6-16-18)17-10-5-8(13)3-4-9(10)14/h3-7,17H,13-15H2,1-2H3. The normalized spacial score (nSPS) is 10.8. The molecule has 6 nitrogen and oxygen atoms in total. The first-order valence-corrected chi connectivity index (χ1v) is 5.74. The topological polar surface area (TPSA) is 108 Å². The quantitative estimate of drug-likeness (QED) is 0.619. The van der Waals surface area contributed by atoms with Crippen LogP contribution in [0.5, 0.6) is 0 Å². The van der Waals surface area contributed by atoms with Gasteiger partial charge in [-0.15, -0.1) is 0 Å². The van der Waals surface area contributed by atoms with Crippen LogP contribution in [0.25, 0.3) is 0 Å². The van der Waals surface area contributed by atoms with Crippen molar-refractivity contribution in [2.75, 3.05) is 22.5 Å². The summed E-state index contributed by atoms with van der Waals surface area (Å²) < 4.78 is 1.74. The number of hydrogen-bond donors (Lipinski definition) is 4. The molecular formula is C12H18N6. The van der Waals surface area contributed by atoms with Gasteiger partial charge < -0.3 is 22.5 Å². The summed E-state index contributed by atoms with van der Waals surface area (Å²) in [6.45, 7) is 4.03. The third-order valence-corrected chi connectivity index (χ3v) is 2.67. The minimum atomic E-state index is 0.207. The lowest BCUT2D eigenvalue weighted by molar-refractivity contribution is 0.541. The molecule has 18 heavy (non-hydrogen) atoms. The lowest BCUT2D eigenvalue weighted by Gasteiger charge is -2.11. The van der Waals surface area contributed by atoms with Gasteiger partial charge in [-0.2, -0.15) is 5.10 Å². The van der Waals surface area contributed by atoms with Crippen molar-refractivity contribution < 1.29 is 0 Å². The van der Waals surface area contributed by atoms with Crippen LogP contribution >= 0.6 is 0 Å². The zero-order chi connectivity index (χ0) is 13.3. The lowest BCUT2D eigenvalue weighted by Crippen LogP contribution is -2.07. The molecule has 0 amide bonds. The van der Waals surface area contributed by atoms with Gasteiger partial charge >= 0.3 is 0 Å². The Morgan fingerprint density at radius 3 is 2.50 bits per heavy atom. The van der Waals surface area contributed by atoms with E-state index >= 15 is 0 Å². The summed E-state index contributed by atoms with van der Waals surface area (Å²) in [6.07, 6.45) is 1.68. The van der Waals surface area contributed by atoms with Gasteiger partial charge in [0, 0.05) is 11.7 Å². The number of anilines is 5. The van der Waals surface area contributed by atoms with Gasteiger partial charge in [0.15, 0.2) is 0 Å². The molecule has 2 rings (SSSR count). The SMILES string of the molecule is CC(C)n1ncc(Nc2cc(N)ccc2N)c1N. The number of nitrogens with two attached hydrogens (primary N) is 3. The molecular weight excluding hydrogens is 228 g/mol. The van der Waals surface area contributed by atoms with E-state index in [2.05, 4.69) is 10.4 Å². The fraction of sp³-hybridized carbons (Fsp3) is 0.250. The van der Waals surface area contributed by atoms with Crippen LogP contribution in [0, 0.1) is 0 Å². The van der Waals surface area contributed by atoms with Gasteiger partial charge in [-0.3, -0.25) is 0 Å². The maximum Gasteiger partial charge on any atom is 0.145 e. The molecule has 0 saturated carbocycles. The van der Waals surface area contributed by atoms with Crippen molar-refractivity contribution in [3.8, 4) is 0 Å². The molecule has 1 aromatic heterocycles. The van der Waals surface area contributed by atoms with E-state index in [1.54, 1.807) is 29.1 Å². The van der Waals surface area contributed by atoms with Gasteiger partial charge in [-0.25, -0.2) is 4.68 Å². The fourth-order valence-electron chi connectivity index (χ4n) is 1.71. The maximum atomic E-state index is 6.01. The van der Waals surface area contributed by atoms with Gasteiger partial charge in [0.2, 0.25) is 0 Å². The van der Waals surface area contributed by atoms with Crippen LogP contribution in [-0.2, 0) is 0 Å². The van der Waals surface area contributed by atoms with Crippen molar-refractivity contribution in [3.05, 3.63) is 24.4 Å². The monoisotopic (exact) mass is 246 g/mol. The van der Waals surface area contributed by atoms with Crippen LogP contribution in [0.3, 0.4) is 0 Å². The number of nitrogens with zero attached hydrogens (tertiary/aromatic N) is 2. The second-order valence-electron chi connectivity index (χ2n) is 4.45. The number of nitrogen functional groups attached to an aromatic ring is 3. The minimum Gasteiger partial charge on any atom is -0.399 e. The van der Waals surface area contributed by atoms with E-state index in [1.807, 2.05) is 13.8 Å². The first-order chi connectivity index (χ1) is 8.49. The third-order valence-electron chi connectivity index (χ3n) is 2.67.